The zero-order chi connectivity index (χ0) is 20.6. The van der Waals surface area contributed by atoms with Crippen molar-refractivity contribution in [3.05, 3.63) is 71.8 Å². The molecule has 1 heterocycles. The maximum Gasteiger partial charge on any atom is 0.351 e. The summed E-state index contributed by atoms with van der Waals surface area (Å²) in [5, 5.41) is 5.74. The molecule has 1 unspecified atom stereocenters. The highest BCUT2D eigenvalue weighted by Gasteiger charge is 2.27. The van der Waals surface area contributed by atoms with Crippen LogP contribution in [-0.2, 0) is 23.9 Å². The summed E-state index contributed by atoms with van der Waals surface area (Å²) < 4.78 is 9.99. The van der Waals surface area contributed by atoms with Crippen LogP contribution in [0.25, 0.3) is 0 Å². The molecule has 150 valence electrons. The van der Waals surface area contributed by atoms with Crippen LogP contribution in [0.3, 0.4) is 0 Å². The van der Waals surface area contributed by atoms with Crippen molar-refractivity contribution in [1.29, 1.82) is 0 Å². The van der Waals surface area contributed by atoms with Gasteiger partial charge in [-0.05, 0) is 5.56 Å². The topological polar surface area (TPSA) is 85.3 Å². The number of amides is 1. The summed E-state index contributed by atoms with van der Waals surface area (Å²) in [5.41, 5.74) is 2.33. The van der Waals surface area contributed by atoms with E-state index in [2.05, 4.69) is 5.10 Å². The van der Waals surface area contributed by atoms with Crippen LogP contribution in [0.15, 0.2) is 65.8 Å². The highest BCUT2D eigenvalue weighted by Crippen LogP contribution is 2.20. The van der Waals surface area contributed by atoms with Crippen molar-refractivity contribution in [2.24, 2.45) is 5.10 Å². The molecule has 0 radical (unpaired) electrons. The number of benzene rings is 2. The lowest BCUT2D eigenvalue weighted by molar-refractivity contribution is -0.167. The number of esters is 2. The van der Waals surface area contributed by atoms with Crippen molar-refractivity contribution in [1.82, 2.24) is 5.01 Å². The second kappa shape index (κ2) is 9.64. The normalized spacial score (nSPS) is 14.1. The van der Waals surface area contributed by atoms with Crippen LogP contribution in [0.4, 0.5) is 0 Å². The van der Waals surface area contributed by atoms with Crippen molar-refractivity contribution in [3.8, 4) is 0 Å². The summed E-state index contributed by atoms with van der Waals surface area (Å²) in [6, 6.07) is 18.3. The van der Waals surface area contributed by atoms with Crippen LogP contribution in [0.5, 0.6) is 0 Å². The third-order valence-electron chi connectivity index (χ3n) is 4.51. The Labute approximate surface area is 168 Å². The van der Waals surface area contributed by atoms with Gasteiger partial charge < -0.3 is 9.47 Å². The average Bonchev–Trinajstić information content (AvgIpc) is 3.27. The van der Waals surface area contributed by atoms with Crippen molar-refractivity contribution in [3.63, 3.8) is 0 Å². The standard InChI is InChI=1S/C22H22N2O5/c1-28-22(27)21(17-10-6-3-7-11-17)29-20(26)13-12-19(25)24-15-14-18(23-24)16-8-4-2-5-9-16/h2-11,21H,12-15H2,1H3. The fourth-order valence-corrected chi connectivity index (χ4v) is 2.99. The second-order valence-corrected chi connectivity index (χ2v) is 6.48. The van der Waals surface area contributed by atoms with Gasteiger partial charge in [-0.25, -0.2) is 9.80 Å². The molecule has 0 aliphatic carbocycles. The van der Waals surface area contributed by atoms with Gasteiger partial charge in [0.25, 0.3) is 0 Å². The third-order valence-corrected chi connectivity index (χ3v) is 4.51. The number of hydrogen-bond acceptors (Lipinski definition) is 6. The lowest BCUT2D eigenvalue weighted by Crippen LogP contribution is -2.25. The smallest absolute Gasteiger partial charge is 0.351 e. The monoisotopic (exact) mass is 394 g/mol. The Kier molecular flexibility index (Phi) is 6.73. The molecule has 0 saturated carbocycles. The van der Waals surface area contributed by atoms with Gasteiger partial charge in [-0.15, -0.1) is 0 Å². The summed E-state index contributed by atoms with van der Waals surface area (Å²) in [6.45, 7) is 0.479. The van der Waals surface area contributed by atoms with Crippen LogP contribution in [-0.4, -0.2) is 42.2 Å². The van der Waals surface area contributed by atoms with E-state index in [4.69, 9.17) is 9.47 Å². The first-order chi connectivity index (χ1) is 14.1. The van der Waals surface area contributed by atoms with Crippen LogP contribution in [0.1, 0.15) is 36.5 Å². The number of hydrogen-bond donors (Lipinski definition) is 0. The maximum atomic E-state index is 12.4. The van der Waals surface area contributed by atoms with E-state index in [1.54, 1.807) is 30.3 Å². The number of carbonyl (C=O) groups excluding carboxylic acids is 3. The molecule has 1 aliphatic heterocycles. The number of nitrogens with zero attached hydrogens (tertiary/aromatic N) is 2. The summed E-state index contributed by atoms with van der Waals surface area (Å²) in [7, 11) is 1.23. The second-order valence-electron chi connectivity index (χ2n) is 6.48. The van der Waals surface area contributed by atoms with E-state index in [-0.39, 0.29) is 18.7 Å². The minimum Gasteiger partial charge on any atom is -0.466 e. The molecular formula is C22H22N2O5. The first kappa shape index (κ1) is 20.3. The van der Waals surface area contributed by atoms with E-state index in [0.29, 0.717) is 18.5 Å². The number of methoxy groups -OCH3 is 1. The Morgan fingerprint density at radius 1 is 1.00 bits per heavy atom. The highest BCUT2D eigenvalue weighted by atomic mass is 16.6. The molecule has 29 heavy (non-hydrogen) atoms. The molecule has 0 bridgehead atoms. The fourth-order valence-electron chi connectivity index (χ4n) is 2.99. The molecule has 0 N–H and O–H groups in total. The maximum absolute atomic E-state index is 12.4. The Bertz CT molecular complexity index is 896. The quantitative estimate of drug-likeness (QED) is 0.674. The van der Waals surface area contributed by atoms with Crippen LogP contribution in [0, 0.1) is 0 Å². The number of carbonyl (C=O) groups is 3. The third kappa shape index (κ3) is 5.28. The van der Waals surface area contributed by atoms with Gasteiger partial charge in [0.1, 0.15) is 0 Å². The van der Waals surface area contributed by atoms with Gasteiger partial charge in [-0.2, -0.15) is 5.10 Å². The van der Waals surface area contributed by atoms with Gasteiger partial charge in [-0.1, -0.05) is 60.7 Å². The van der Waals surface area contributed by atoms with E-state index in [0.717, 1.165) is 11.3 Å². The molecule has 1 aliphatic rings. The minimum atomic E-state index is -1.15. The SMILES string of the molecule is COC(=O)C(OC(=O)CCC(=O)N1CCC(c2ccccc2)=N1)c1ccccc1. The van der Waals surface area contributed by atoms with Gasteiger partial charge in [0, 0.05) is 18.4 Å². The Hall–Kier alpha value is -3.48. The molecule has 0 aromatic heterocycles. The molecule has 3 rings (SSSR count). The predicted octanol–water partition coefficient (Wildman–Crippen LogP) is 2.86. The van der Waals surface area contributed by atoms with E-state index >= 15 is 0 Å². The summed E-state index contributed by atoms with van der Waals surface area (Å²) in [5.74, 6) is -1.58. The lowest BCUT2D eigenvalue weighted by Gasteiger charge is -2.16. The number of hydrazone groups is 1. The van der Waals surface area contributed by atoms with Crippen molar-refractivity contribution >= 4 is 23.6 Å². The molecule has 0 fully saturated rings. The lowest BCUT2D eigenvalue weighted by atomic mass is 10.1. The van der Waals surface area contributed by atoms with Crippen molar-refractivity contribution in [2.75, 3.05) is 13.7 Å². The molecule has 7 nitrogen and oxygen atoms in total. The largest absolute Gasteiger partial charge is 0.466 e. The first-order valence-electron chi connectivity index (χ1n) is 9.34. The Morgan fingerprint density at radius 3 is 2.31 bits per heavy atom. The van der Waals surface area contributed by atoms with E-state index < -0.39 is 18.0 Å². The van der Waals surface area contributed by atoms with Gasteiger partial charge in [0.2, 0.25) is 12.0 Å². The molecule has 1 atom stereocenters. The average molecular weight is 394 g/mol. The molecule has 0 spiro atoms. The van der Waals surface area contributed by atoms with Crippen molar-refractivity contribution in [2.45, 2.75) is 25.4 Å². The van der Waals surface area contributed by atoms with Crippen LogP contribution in [0.2, 0.25) is 0 Å². The molecule has 2 aromatic carbocycles. The van der Waals surface area contributed by atoms with Crippen molar-refractivity contribution < 1.29 is 23.9 Å². The Morgan fingerprint density at radius 2 is 1.66 bits per heavy atom. The van der Waals surface area contributed by atoms with E-state index in [1.807, 2.05) is 30.3 Å². The van der Waals surface area contributed by atoms with Gasteiger partial charge in [0.15, 0.2) is 0 Å². The van der Waals surface area contributed by atoms with Crippen LogP contribution >= 0.6 is 0 Å². The summed E-state index contributed by atoms with van der Waals surface area (Å²) >= 11 is 0. The molecular weight excluding hydrogens is 372 g/mol. The first-order valence-corrected chi connectivity index (χ1v) is 9.34. The zero-order valence-electron chi connectivity index (χ0n) is 16.1. The zero-order valence-corrected chi connectivity index (χ0v) is 16.1. The Balaban J connectivity index is 1.55. The predicted molar refractivity (Wildman–Crippen MR) is 106 cm³/mol. The fraction of sp³-hybridized carbons (Fsp3) is 0.273. The molecule has 2 aromatic rings. The summed E-state index contributed by atoms with van der Waals surface area (Å²) in [4.78, 5) is 36.6. The minimum absolute atomic E-state index is 0.0485. The summed E-state index contributed by atoms with van der Waals surface area (Å²) in [6.07, 6.45) is -0.685. The van der Waals surface area contributed by atoms with Gasteiger partial charge in [0.05, 0.1) is 25.8 Å². The highest BCUT2D eigenvalue weighted by molar-refractivity contribution is 6.02. The van der Waals surface area contributed by atoms with Gasteiger partial charge in [-0.3, -0.25) is 9.59 Å². The molecule has 0 saturated heterocycles. The van der Waals surface area contributed by atoms with E-state index in [1.165, 1.54) is 12.1 Å². The van der Waals surface area contributed by atoms with E-state index in [9.17, 15) is 14.4 Å². The number of rotatable bonds is 7. The molecule has 7 heteroatoms. The van der Waals surface area contributed by atoms with Crippen LogP contribution < -0.4 is 0 Å². The number of ether oxygens (including phenoxy) is 2. The van der Waals surface area contributed by atoms with Gasteiger partial charge >= 0.3 is 11.9 Å². The molecule has 1 amide bonds.